The smallest absolute Gasteiger partial charge is 0.326 e. The number of aliphatic hydroxyl groups excluding tert-OH is 1. The monoisotopic (exact) mass is 488 g/mol. The van der Waals surface area contributed by atoms with Crippen molar-refractivity contribution in [2.45, 2.75) is 89.6 Å². The lowest BCUT2D eigenvalue weighted by molar-refractivity contribution is -0.143. The standard InChI is InChI=1S/C21H40N6O7/c1-4-11(2)17(20(32)26-14(21(33)34)7-5-6-10-22)27-18(30)13(8-9-15(23)29)25-19(31)16(24)12(3)28/h11-14,16-17,28H,4-10,22,24H2,1-3H3,(H2,23,29)(H,25,31)(H,26,32)(H,27,30)(H,33,34). The molecule has 11 N–H and O–H groups in total. The van der Waals surface area contributed by atoms with Crippen LogP contribution in [-0.2, 0) is 24.0 Å². The number of carbonyl (C=O) groups excluding carboxylic acids is 4. The summed E-state index contributed by atoms with van der Waals surface area (Å²) in [5, 5.41) is 26.3. The molecule has 0 radical (unpaired) electrons. The molecule has 13 nitrogen and oxygen atoms in total. The Morgan fingerprint density at radius 2 is 1.47 bits per heavy atom. The molecular formula is C21H40N6O7. The van der Waals surface area contributed by atoms with Crippen molar-refractivity contribution in [1.82, 2.24) is 16.0 Å². The lowest BCUT2D eigenvalue weighted by Crippen LogP contribution is -2.59. The van der Waals surface area contributed by atoms with E-state index in [0.717, 1.165) is 0 Å². The van der Waals surface area contributed by atoms with Gasteiger partial charge in [0.05, 0.1) is 6.10 Å². The van der Waals surface area contributed by atoms with Crippen molar-refractivity contribution in [2.75, 3.05) is 6.54 Å². The van der Waals surface area contributed by atoms with E-state index >= 15 is 0 Å². The van der Waals surface area contributed by atoms with E-state index < -0.39 is 59.9 Å². The summed E-state index contributed by atoms with van der Waals surface area (Å²) in [5.74, 6) is -4.58. The van der Waals surface area contributed by atoms with Crippen LogP contribution in [-0.4, -0.2) is 76.6 Å². The first-order valence-electron chi connectivity index (χ1n) is 11.4. The quantitative estimate of drug-likeness (QED) is 0.102. The molecule has 0 aliphatic carbocycles. The van der Waals surface area contributed by atoms with Gasteiger partial charge in [-0.2, -0.15) is 0 Å². The highest BCUT2D eigenvalue weighted by Gasteiger charge is 2.33. The van der Waals surface area contributed by atoms with E-state index in [9.17, 15) is 34.2 Å². The summed E-state index contributed by atoms with van der Waals surface area (Å²) in [4.78, 5) is 60.9. The summed E-state index contributed by atoms with van der Waals surface area (Å²) in [6.45, 7) is 5.19. The minimum absolute atomic E-state index is 0.162. The van der Waals surface area contributed by atoms with E-state index in [0.29, 0.717) is 25.8 Å². The number of primary amides is 1. The van der Waals surface area contributed by atoms with Crippen LogP contribution in [0.2, 0.25) is 0 Å². The third kappa shape index (κ3) is 11.4. The third-order valence-corrected chi connectivity index (χ3v) is 5.49. The van der Waals surface area contributed by atoms with Gasteiger partial charge in [-0.05, 0) is 45.1 Å². The predicted octanol–water partition coefficient (Wildman–Crippen LogP) is -2.33. The SMILES string of the molecule is CCC(C)C(NC(=O)C(CCC(N)=O)NC(=O)C(N)C(C)O)C(=O)NC(CCCCN)C(=O)O. The van der Waals surface area contributed by atoms with Crippen LogP contribution in [0.25, 0.3) is 0 Å². The number of unbranched alkanes of at least 4 members (excludes halogenated alkanes) is 1. The molecule has 0 aromatic rings. The minimum atomic E-state index is -1.32. The van der Waals surface area contributed by atoms with Gasteiger partial charge < -0.3 is 43.4 Å². The topological polar surface area (TPSA) is 240 Å². The summed E-state index contributed by atoms with van der Waals surface area (Å²) >= 11 is 0. The van der Waals surface area contributed by atoms with Crippen molar-refractivity contribution in [3.8, 4) is 0 Å². The number of nitrogens with two attached hydrogens (primary N) is 3. The fourth-order valence-electron chi connectivity index (χ4n) is 3.01. The van der Waals surface area contributed by atoms with E-state index in [1.807, 2.05) is 0 Å². The fourth-order valence-corrected chi connectivity index (χ4v) is 3.01. The first-order chi connectivity index (χ1) is 15.8. The number of rotatable bonds is 17. The number of carboxylic acid groups (broad SMARTS) is 1. The summed E-state index contributed by atoms with van der Waals surface area (Å²) in [7, 11) is 0. The Bertz CT molecular complexity index is 703. The Hall–Kier alpha value is -2.77. The fraction of sp³-hybridized carbons (Fsp3) is 0.762. The van der Waals surface area contributed by atoms with Gasteiger partial charge in [-0.15, -0.1) is 0 Å². The van der Waals surface area contributed by atoms with Gasteiger partial charge in [0.1, 0.15) is 24.2 Å². The zero-order chi connectivity index (χ0) is 26.4. The van der Waals surface area contributed by atoms with Crippen LogP contribution < -0.4 is 33.2 Å². The molecule has 6 unspecified atom stereocenters. The summed E-state index contributed by atoms with van der Waals surface area (Å²) in [6, 6.07) is -4.84. The third-order valence-electron chi connectivity index (χ3n) is 5.49. The average molecular weight is 489 g/mol. The molecule has 196 valence electrons. The van der Waals surface area contributed by atoms with Crippen LogP contribution in [0.3, 0.4) is 0 Å². The average Bonchev–Trinajstić information content (AvgIpc) is 2.77. The Kier molecular flexibility index (Phi) is 14.7. The van der Waals surface area contributed by atoms with Gasteiger partial charge in [0.15, 0.2) is 0 Å². The number of aliphatic hydroxyl groups is 1. The minimum Gasteiger partial charge on any atom is -0.480 e. The molecule has 0 heterocycles. The van der Waals surface area contributed by atoms with Crippen LogP contribution in [0.5, 0.6) is 0 Å². The Morgan fingerprint density at radius 3 is 1.94 bits per heavy atom. The predicted molar refractivity (Wildman–Crippen MR) is 124 cm³/mol. The number of aliphatic carboxylic acids is 1. The van der Waals surface area contributed by atoms with Gasteiger partial charge in [0, 0.05) is 6.42 Å². The number of carboxylic acids is 1. The molecule has 0 rings (SSSR count). The van der Waals surface area contributed by atoms with E-state index in [4.69, 9.17) is 17.2 Å². The van der Waals surface area contributed by atoms with Gasteiger partial charge in [0.2, 0.25) is 23.6 Å². The van der Waals surface area contributed by atoms with Crippen LogP contribution >= 0.6 is 0 Å². The Labute approximate surface area is 199 Å². The maximum Gasteiger partial charge on any atom is 0.326 e. The number of amides is 4. The molecular weight excluding hydrogens is 448 g/mol. The number of carbonyl (C=O) groups is 5. The van der Waals surface area contributed by atoms with Crippen molar-refractivity contribution < 1.29 is 34.2 Å². The van der Waals surface area contributed by atoms with E-state index in [-0.39, 0.29) is 25.2 Å². The number of nitrogens with one attached hydrogen (secondary N) is 3. The van der Waals surface area contributed by atoms with Crippen LogP contribution in [0.1, 0.15) is 59.3 Å². The molecule has 0 aromatic heterocycles. The molecule has 0 fully saturated rings. The molecule has 0 aromatic carbocycles. The number of hydrogen-bond donors (Lipinski definition) is 8. The lowest BCUT2D eigenvalue weighted by Gasteiger charge is -2.28. The highest BCUT2D eigenvalue weighted by atomic mass is 16.4. The van der Waals surface area contributed by atoms with E-state index in [1.54, 1.807) is 13.8 Å². The molecule has 0 aliphatic heterocycles. The zero-order valence-electron chi connectivity index (χ0n) is 20.1. The molecule has 34 heavy (non-hydrogen) atoms. The first-order valence-corrected chi connectivity index (χ1v) is 11.4. The Balaban J connectivity index is 5.57. The van der Waals surface area contributed by atoms with Crippen molar-refractivity contribution in [3.05, 3.63) is 0 Å². The van der Waals surface area contributed by atoms with Crippen molar-refractivity contribution in [2.24, 2.45) is 23.1 Å². The zero-order valence-corrected chi connectivity index (χ0v) is 20.1. The highest BCUT2D eigenvalue weighted by molar-refractivity contribution is 5.94. The maximum atomic E-state index is 13.0. The molecule has 0 saturated carbocycles. The maximum absolute atomic E-state index is 13.0. The van der Waals surface area contributed by atoms with Crippen molar-refractivity contribution >= 4 is 29.6 Å². The van der Waals surface area contributed by atoms with Crippen molar-refractivity contribution in [3.63, 3.8) is 0 Å². The largest absolute Gasteiger partial charge is 0.480 e. The van der Waals surface area contributed by atoms with Gasteiger partial charge in [-0.3, -0.25) is 19.2 Å². The molecule has 0 saturated heterocycles. The molecule has 4 amide bonds. The first kappa shape index (κ1) is 31.2. The second kappa shape index (κ2) is 16.0. The number of hydrogen-bond acceptors (Lipinski definition) is 8. The van der Waals surface area contributed by atoms with E-state index in [1.165, 1.54) is 6.92 Å². The van der Waals surface area contributed by atoms with Gasteiger partial charge in [-0.25, -0.2) is 4.79 Å². The van der Waals surface area contributed by atoms with Gasteiger partial charge >= 0.3 is 5.97 Å². The summed E-state index contributed by atoms with van der Waals surface area (Å²) in [5.41, 5.74) is 16.2. The highest BCUT2D eigenvalue weighted by Crippen LogP contribution is 2.11. The van der Waals surface area contributed by atoms with Gasteiger partial charge in [0.25, 0.3) is 0 Å². The second-order valence-electron chi connectivity index (χ2n) is 8.39. The van der Waals surface area contributed by atoms with Crippen molar-refractivity contribution in [1.29, 1.82) is 0 Å². The van der Waals surface area contributed by atoms with Crippen LogP contribution in [0.15, 0.2) is 0 Å². The van der Waals surface area contributed by atoms with Gasteiger partial charge in [-0.1, -0.05) is 20.3 Å². The lowest BCUT2D eigenvalue weighted by atomic mass is 9.96. The Morgan fingerprint density at radius 1 is 0.882 bits per heavy atom. The molecule has 0 aliphatic rings. The normalized spacial score (nSPS) is 16.3. The molecule has 0 bridgehead atoms. The summed E-state index contributed by atoms with van der Waals surface area (Å²) < 4.78 is 0. The van der Waals surface area contributed by atoms with Crippen LogP contribution in [0.4, 0.5) is 0 Å². The molecule has 13 heteroatoms. The molecule has 0 spiro atoms. The molecule has 6 atom stereocenters. The second-order valence-corrected chi connectivity index (χ2v) is 8.39. The van der Waals surface area contributed by atoms with Crippen LogP contribution in [0, 0.1) is 5.92 Å². The summed E-state index contributed by atoms with van der Waals surface area (Å²) in [6.07, 6.45) is 0.170. The van der Waals surface area contributed by atoms with E-state index in [2.05, 4.69) is 16.0 Å².